The first-order valence-corrected chi connectivity index (χ1v) is 5.65. The molecule has 18 heavy (non-hydrogen) atoms. The summed E-state index contributed by atoms with van der Waals surface area (Å²) in [5, 5.41) is 5.61. The monoisotopic (exact) mass is 287 g/mol. The zero-order valence-corrected chi connectivity index (χ0v) is 10.7. The molecule has 0 unspecified atom stereocenters. The zero-order chi connectivity index (χ0) is 13.1. The highest BCUT2D eigenvalue weighted by molar-refractivity contribution is 6.30. The highest BCUT2D eigenvalue weighted by atomic mass is 35.5. The first-order valence-electron chi connectivity index (χ1n) is 4.90. The van der Waals surface area contributed by atoms with Crippen LogP contribution in [0.4, 0.5) is 22.0 Å². The van der Waals surface area contributed by atoms with Gasteiger partial charge in [0.05, 0.1) is 5.02 Å². The molecule has 0 aliphatic carbocycles. The number of hydrogen-bond donors (Lipinski definition) is 2. The fraction of sp³-hybridized carbons (Fsp3) is 0.100. The van der Waals surface area contributed by atoms with E-state index in [1.165, 1.54) is 12.1 Å². The number of nitrogens with one attached hydrogen (secondary N) is 2. The first-order chi connectivity index (χ1) is 8.58. The maximum absolute atomic E-state index is 13.2. The van der Waals surface area contributed by atoms with E-state index in [4.69, 9.17) is 23.2 Å². The molecule has 0 bridgehead atoms. The van der Waals surface area contributed by atoms with E-state index >= 15 is 0 Å². The molecule has 1 aromatic heterocycles. The van der Waals surface area contributed by atoms with Crippen LogP contribution in [0.15, 0.2) is 18.2 Å². The lowest BCUT2D eigenvalue weighted by molar-refractivity contribution is 0.629. The molecule has 0 saturated heterocycles. The summed E-state index contributed by atoms with van der Waals surface area (Å²) in [6.07, 6.45) is 0. The van der Waals surface area contributed by atoms with Crippen LogP contribution in [0.5, 0.6) is 0 Å². The van der Waals surface area contributed by atoms with E-state index in [-0.39, 0.29) is 16.3 Å². The maximum Gasteiger partial charge on any atom is 0.233 e. The van der Waals surface area contributed by atoms with Crippen LogP contribution in [0.2, 0.25) is 10.3 Å². The van der Waals surface area contributed by atoms with Crippen LogP contribution in [0, 0.1) is 5.82 Å². The van der Waals surface area contributed by atoms with Crippen molar-refractivity contribution in [2.75, 3.05) is 17.7 Å². The fourth-order valence-electron chi connectivity index (χ4n) is 1.22. The molecule has 5 nitrogen and oxygen atoms in total. The molecule has 0 amide bonds. The Morgan fingerprint density at radius 1 is 1.11 bits per heavy atom. The maximum atomic E-state index is 13.2. The summed E-state index contributed by atoms with van der Waals surface area (Å²) < 4.78 is 13.2. The Labute approximate surface area is 112 Å². The van der Waals surface area contributed by atoms with Gasteiger partial charge in [0.25, 0.3) is 0 Å². The highest BCUT2D eigenvalue weighted by Crippen LogP contribution is 2.21. The van der Waals surface area contributed by atoms with Crippen LogP contribution in [-0.4, -0.2) is 22.0 Å². The minimum absolute atomic E-state index is 0.0336. The number of halogens is 3. The number of aromatic nitrogens is 3. The van der Waals surface area contributed by atoms with Crippen molar-refractivity contribution in [3.8, 4) is 0 Å². The summed E-state index contributed by atoms with van der Waals surface area (Å²) in [7, 11) is 1.65. The molecule has 1 heterocycles. The molecule has 0 spiro atoms. The van der Waals surface area contributed by atoms with Gasteiger partial charge in [-0.1, -0.05) is 11.6 Å². The summed E-state index contributed by atoms with van der Waals surface area (Å²) in [5.74, 6) is -0.0105. The van der Waals surface area contributed by atoms with E-state index in [9.17, 15) is 4.39 Å². The number of rotatable bonds is 3. The average molecular weight is 288 g/mol. The van der Waals surface area contributed by atoms with Crippen molar-refractivity contribution in [1.29, 1.82) is 0 Å². The number of nitrogens with zero attached hydrogens (tertiary/aromatic N) is 3. The van der Waals surface area contributed by atoms with Gasteiger partial charge in [0.15, 0.2) is 0 Å². The Balaban J connectivity index is 2.27. The molecule has 0 radical (unpaired) electrons. The Hall–Kier alpha value is -1.66. The summed E-state index contributed by atoms with van der Waals surface area (Å²) in [6.45, 7) is 0. The van der Waals surface area contributed by atoms with Gasteiger partial charge in [-0.15, -0.1) is 0 Å². The van der Waals surface area contributed by atoms with Crippen LogP contribution < -0.4 is 10.6 Å². The number of anilines is 3. The second-order valence-electron chi connectivity index (χ2n) is 3.26. The van der Waals surface area contributed by atoms with E-state index in [1.54, 1.807) is 13.1 Å². The van der Waals surface area contributed by atoms with Gasteiger partial charge in [-0.05, 0) is 29.8 Å². The van der Waals surface area contributed by atoms with Gasteiger partial charge in [-0.2, -0.15) is 15.0 Å². The standard InChI is InChI=1S/C10H8Cl2FN5/c1-14-9-16-8(12)17-10(18-9)15-5-2-3-6(11)7(13)4-5/h2-4H,1H3,(H2,14,15,16,17,18). The van der Waals surface area contributed by atoms with E-state index in [2.05, 4.69) is 25.6 Å². The van der Waals surface area contributed by atoms with Crippen LogP contribution >= 0.6 is 23.2 Å². The molecule has 94 valence electrons. The number of benzene rings is 1. The van der Waals surface area contributed by atoms with Crippen molar-refractivity contribution >= 4 is 40.8 Å². The van der Waals surface area contributed by atoms with Crippen LogP contribution in [0.3, 0.4) is 0 Å². The van der Waals surface area contributed by atoms with E-state index in [0.29, 0.717) is 11.6 Å². The molecule has 2 rings (SSSR count). The summed E-state index contributed by atoms with van der Waals surface area (Å²) in [4.78, 5) is 11.7. The molecule has 2 N–H and O–H groups in total. The van der Waals surface area contributed by atoms with Gasteiger partial charge < -0.3 is 10.6 Å². The molecule has 0 atom stereocenters. The van der Waals surface area contributed by atoms with Crippen LogP contribution in [0.25, 0.3) is 0 Å². The molecule has 2 aromatic rings. The van der Waals surface area contributed by atoms with E-state index in [1.807, 2.05) is 0 Å². The fourth-order valence-corrected chi connectivity index (χ4v) is 1.50. The third kappa shape index (κ3) is 2.96. The van der Waals surface area contributed by atoms with E-state index in [0.717, 1.165) is 0 Å². The lowest BCUT2D eigenvalue weighted by Gasteiger charge is -2.06. The number of hydrogen-bond acceptors (Lipinski definition) is 5. The predicted octanol–water partition coefficient (Wildman–Crippen LogP) is 3.10. The summed E-state index contributed by atoms with van der Waals surface area (Å²) in [5.41, 5.74) is 0.459. The van der Waals surface area contributed by atoms with Crippen molar-refractivity contribution in [3.63, 3.8) is 0 Å². The second-order valence-corrected chi connectivity index (χ2v) is 4.00. The van der Waals surface area contributed by atoms with Crippen molar-refractivity contribution in [2.24, 2.45) is 0 Å². The average Bonchev–Trinajstić information content (AvgIpc) is 2.33. The third-order valence-corrected chi connectivity index (χ3v) is 2.48. The normalized spacial score (nSPS) is 10.2. The largest absolute Gasteiger partial charge is 0.357 e. The lowest BCUT2D eigenvalue weighted by atomic mass is 10.3. The minimum Gasteiger partial charge on any atom is -0.357 e. The molecule has 0 aliphatic heterocycles. The first kappa shape index (κ1) is 12.8. The summed E-state index contributed by atoms with van der Waals surface area (Å²) in [6, 6.07) is 4.27. The van der Waals surface area contributed by atoms with Crippen molar-refractivity contribution in [2.45, 2.75) is 0 Å². The van der Waals surface area contributed by atoms with Gasteiger partial charge in [-0.3, -0.25) is 0 Å². The van der Waals surface area contributed by atoms with Gasteiger partial charge in [0.1, 0.15) is 5.82 Å². The van der Waals surface area contributed by atoms with Crippen molar-refractivity contribution in [1.82, 2.24) is 15.0 Å². The molecule has 8 heteroatoms. The van der Waals surface area contributed by atoms with Crippen LogP contribution in [-0.2, 0) is 0 Å². The van der Waals surface area contributed by atoms with Crippen molar-refractivity contribution < 1.29 is 4.39 Å². The second kappa shape index (κ2) is 5.32. The smallest absolute Gasteiger partial charge is 0.233 e. The van der Waals surface area contributed by atoms with Gasteiger partial charge in [0, 0.05) is 12.7 Å². The Morgan fingerprint density at radius 2 is 1.83 bits per heavy atom. The van der Waals surface area contributed by atoms with Gasteiger partial charge in [0.2, 0.25) is 17.2 Å². The molecule has 0 aliphatic rings. The zero-order valence-electron chi connectivity index (χ0n) is 9.21. The Morgan fingerprint density at radius 3 is 2.50 bits per heavy atom. The molecule has 1 aromatic carbocycles. The Bertz CT molecular complexity index is 578. The third-order valence-electron chi connectivity index (χ3n) is 2.01. The minimum atomic E-state index is -0.532. The molecular formula is C10H8Cl2FN5. The van der Waals surface area contributed by atoms with Crippen molar-refractivity contribution in [3.05, 3.63) is 34.3 Å². The lowest BCUT2D eigenvalue weighted by Crippen LogP contribution is -2.03. The van der Waals surface area contributed by atoms with Gasteiger partial charge in [-0.25, -0.2) is 4.39 Å². The van der Waals surface area contributed by atoms with E-state index < -0.39 is 5.82 Å². The van der Waals surface area contributed by atoms with Gasteiger partial charge >= 0.3 is 0 Å². The summed E-state index contributed by atoms with van der Waals surface area (Å²) >= 11 is 11.3. The SMILES string of the molecule is CNc1nc(Cl)nc(Nc2ccc(Cl)c(F)c2)n1. The Kier molecular flexibility index (Phi) is 3.78. The molecule has 0 saturated carbocycles. The molecular weight excluding hydrogens is 280 g/mol. The molecule has 0 fully saturated rings. The topological polar surface area (TPSA) is 62.7 Å². The highest BCUT2D eigenvalue weighted by Gasteiger charge is 2.06. The predicted molar refractivity (Wildman–Crippen MR) is 69.1 cm³/mol. The quantitative estimate of drug-likeness (QED) is 0.908. The van der Waals surface area contributed by atoms with Crippen LogP contribution in [0.1, 0.15) is 0 Å².